The Morgan fingerprint density at radius 3 is 2.33 bits per heavy atom. The predicted molar refractivity (Wildman–Crippen MR) is 122 cm³/mol. The Kier molecular flexibility index (Phi) is 6.30. The van der Waals surface area contributed by atoms with Gasteiger partial charge in [0.1, 0.15) is 0 Å². The van der Waals surface area contributed by atoms with Crippen molar-refractivity contribution in [3.05, 3.63) is 70.8 Å². The molecule has 0 aliphatic carbocycles. The zero-order valence-corrected chi connectivity index (χ0v) is 18.3. The Bertz CT molecular complexity index is 913. The lowest BCUT2D eigenvalue weighted by Crippen LogP contribution is -2.49. The Balaban J connectivity index is 1.55. The fourth-order valence-electron chi connectivity index (χ4n) is 4.31. The second kappa shape index (κ2) is 9.11. The van der Waals surface area contributed by atoms with Gasteiger partial charge in [0.25, 0.3) is 5.91 Å². The maximum Gasteiger partial charge on any atom is 0.257 e. The first-order valence-corrected chi connectivity index (χ1v) is 11.0. The molecule has 2 aromatic rings. The van der Waals surface area contributed by atoms with Crippen LogP contribution in [0.4, 0.5) is 0 Å². The summed E-state index contributed by atoms with van der Waals surface area (Å²) < 4.78 is 0. The van der Waals surface area contributed by atoms with Crippen LogP contribution in [0.1, 0.15) is 41.6 Å². The lowest BCUT2D eigenvalue weighted by Gasteiger charge is -2.34. The summed E-state index contributed by atoms with van der Waals surface area (Å²) in [4.78, 5) is 18.0. The number of aryl methyl sites for hydroxylation is 2. The van der Waals surface area contributed by atoms with Gasteiger partial charge in [-0.3, -0.25) is 9.69 Å². The zero-order valence-electron chi connectivity index (χ0n) is 18.3. The number of carbonyl (C=O) groups excluding carboxylic acids is 1. The lowest BCUT2D eigenvalue weighted by molar-refractivity contribution is -0.134. The Morgan fingerprint density at radius 1 is 0.967 bits per heavy atom. The van der Waals surface area contributed by atoms with Crippen molar-refractivity contribution in [3.8, 4) is 0 Å². The van der Waals surface area contributed by atoms with Crippen molar-refractivity contribution >= 4 is 11.6 Å². The van der Waals surface area contributed by atoms with Crippen molar-refractivity contribution in [1.29, 1.82) is 0 Å². The highest BCUT2D eigenvalue weighted by Gasteiger charge is 2.34. The second-order valence-electron chi connectivity index (χ2n) is 8.50. The third-order valence-electron chi connectivity index (χ3n) is 6.25. The van der Waals surface area contributed by atoms with Crippen LogP contribution in [0, 0.1) is 13.8 Å². The van der Waals surface area contributed by atoms with E-state index in [-0.39, 0.29) is 11.9 Å². The molecule has 30 heavy (non-hydrogen) atoms. The number of nitrogens with zero attached hydrogens (tertiary/aromatic N) is 4. The van der Waals surface area contributed by atoms with E-state index >= 15 is 0 Å². The summed E-state index contributed by atoms with van der Waals surface area (Å²) in [6, 6.07) is 16.9. The smallest absolute Gasteiger partial charge is 0.257 e. The highest BCUT2D eigenvalue weighted by Crippen LogP contribution is 2.33. The molecule has 5 heteroatoms. The van der Waals surface area contributed by atoms with E-state index in [1.54, 1.807) is 5.01 Å². The van der Waals surface area contributed by atoms with E-state index in [2.05, 4.69) is 79.1 Å². The maximum absolute atomic E-state index is 13.3. The van der Waals surface area contributed by atoms with Crippen LogP contribution in [0.3, 0.4) is 0 Å². The summed E-state index contributed by atoms with van der Waals surface area (Å²) in [5, 5.41) is 6.58. The summed E-state index contributed by atoms with van der Waals surface area (Å²) in [5.41, 5.74) is 5.69. The number of hydrogen-bond donors (Lipinski definition) is 0. The number of hydrazone groups is 1. The summed E-state index contributed by atoms with van der Waals surface area (Å²) in [7, 11) is 0. The van der Waals surface area contributed by atoms with Gasteiger partial charge in [-0.25, -0.2) is 5.01 Å². The number of carbonyl (C=O) groups is 1. The van der Waals surface area contributed by atoms with Crippen molar-refractivity contribution < 1.29 is 4.79 Å². The molecule has 0 radical (unpaired) electrons. The van der Waals surface area contributed by atoms with Gasteiger partial charge in [-0.2, -0.15) is 5.10 Å². The van der Waals surface area contributed by atoms with Gasteiger partial charge in [0.05, 0.1) is 18.3 Å². The third-order valence-corrected chi connectivity index (χ3v) is 6.25. The minimum absolute atomic E-state index is 0.0365. The summed E-state index contributed by atoms with van der Waals surface area (Å²) >= 11 is 0. The van der Waals surface area contributed by atoms with Crippen molar-refractivity contribution in [2.45, 2.75) is 33.2 Å². The Hall–Kier alpha value is -2.50. The molecule has 2 aromatic carbocycles. The second-order valence-corrected chi connectivity index (χ2v) is 8.50. The molecule has 5 nitrogen and oxygen atoms in total. The van der Waals surface area contributed by atoms with E-state index in [9.17, 15) is 4.79 Å². The Morgan fingerprint density at radius 2 is 1.67 bits per heavy atom. The number of benzene rings is 2. The molecule has 0 unspecified atom stereocenters. The van der Waals surface area contributed by atoms with Crippen molar-refractivity contribution in [3.63, 3.8) is 0 Å². The van der Waals surface area contributed by atoms with Crippen LogP contribution >= 0.6 is 0 Å². The molecule has 158 valence electrons. The SMILES string of the molecule is CCN1CCN(CC(=O)N2N=C(c3cccc(C)c3)C[C@H]2c2ccc(C)cc2)CC1. The minimum atomic E-state index is -0.0365. The molecule has 2 heterocycles. The van der Waals surface area contributed by atoms with Gasteiger partial charge in [-0.15, -0.1) is 0 Å². The van der Waals surface area contributed by atoms with E-state index in [1.807, 2.05) is 0 Å². The first kappa shape index (κ1) is 20.8. The van der Waals surface area contributed by atoms with Gasteiger partial charge in [-0.05, 0) is 31.5 Å². The molecule has 4 rings (SSSR count). The standard InChI is InChI=1S/C25H32N4O/c1-4-27-12-14-28(15-13-27)18-25(30)29-24(21-10-8-19(2)9-11-21)17-23(26-29)22-7-5-6-20(3)16-22/h5-11,16,24H,4,12-15,17-18H2,1-3H3/t24-/m0/s1. The zero-order chi connectivity index (χ0) is 21.1. The lowest BCUT2D eigenvalue weighted by atomic mass is 9.97. The molecular formula is C25H32N4O. The monoisotopic (exact) mass is 404 g/mol. The molecule has 0 spiro atoms. The van der Waals surface area contributed by atoms with Gasteiger partial charge < -0.3 is 4.90 Å². The van der Waals surface area contributed by atoms with Crippen LogP contribution in [0.25, 0.3) is 0 Å². The molecule has 2 aliphatic rings. The van der Waals surface area contributed by atoms with Crippen LogP contribution in [0.5, 0.6) is 0 Å². The van der Waals surface area contributed by atoms with Crippen molar-refractivity contribution in [2.24, 2.45) is 5.10 Å². The summed E-state index contributed by atoms with van der Waals surface area (Å²) in [6.45, 7) is 11.8. The van der Waals surface area contributed by atoms with Crippen LogP contribution in [0.2, 0.25) is 0 Å². The van der Waals surface area contributed by atoms with E-state index < -0.39 is 0 Å². The van der Waals surface area contributed by atoms with Crippen molar-refractivity contribution in [2.75, 3.05) is 39.3 Å². The number of likely N-dealkylation sites (N-methyl/N-ethyl adjacent to an activating group) is 1. The topological polar surface area (TPSA) is 39.1 Å². The van der Waals surface area contributed by atoms with Crippen LogP contribution in [-0.4, -0.2) is 65.7 Å². The predicted octanol–water partition coefficient (Wildman–Crippen LogP) is 3.62. The number of piperazine rings is 1. The van der Waals surface area contributed by atoms with Crippen LogP contribution < -0.4 is 0 Å². The average Bonchev–Trinajstić information content (AvgIpc) is 3.20. The molecule has 1 amide bonds. The molecule has 1 atom stereocenters. The molecule has 0 N–H and O–H groups in total. The highest BCUT2D eigenvalue weighted by atomic mass is 16.2. The molecule has 2 aliphatic heterocycles. The fraction of sp³-hybridized carbons (Fsp3) is 0.440. The molecule has 1 saturated heterocycles. The molecule has 1 fully saturated rings. The summed E-state index contributed by atoms with van der Waals surface area (Å²) in [6.07, 6.45) is 0.752. The van der Waals surface area contributed by atoms with Crippen molar-refractivity contribution in [1.82, 2.24) is 14.8 Å². The molecule has 0 bridgehead atoms. The van der Waals surface area contributed by atoms with Gasteiger partial charge in [0, 0.05) is 32.6 Å². The minimum Gasteiger partial charge on any atom is -0.301 e. The van der Waals surface area contributed by atoms with E-state index in [1.165, 1.54) is 11.1 Å². The fourth-order valence-corrected chi connectivity index (χ4v) is 4.31. The number of rotatable bonds is 5. The highest BCUT2D eigenvalue weighted by molar-refractivity contribution is 6.03. The van der Waals surface area contributed by atoms with Gasteiger partial charge >= 0.3 is 0 Å². The van der Waals surface area contributed by atoms with E-state index in [0.29, 0.717) is 6.54 Å². The Labute approximate surface area is 180 Å². The molecule has 0 aromatic heterocycles. The first-order chi connectivity index (χ1) is 14.5. The molecular weight excluding hydrogens is 372 g/mol. The quantitative estimate of drug-likeness (QED) is 0.764. The summed E-state index contributed by atoms with van der Waals surface area (Å²) in [5.74, 6) is 0.0909. The number of amides is 1. The van der Waals surface area contributed by atoms with Gasteiger partial charge in [0.2, 0.25) is 0 Å². The average molecular weight is 405 g/mol. The first-order valence-electron chi connectivity index (χ1n) is 11.0. The normalized spacial score (nSPS) is 20.4. The van der Waals surface area contributed by atoms with Crippen LogP contribution in [-0.2, 0) is 4.79 Å². The largest absolute Gasteiger partial charge is 0.301 e. The van der Waals surface area contributed by atoms with Crippen LogP contribution in [0.15, 0.2) is 53.6 Å². The third kappa shape index (κ3) is 4.63. The van der Waals surface area contributed by atoms with E-state index in [0.717, 1.165) is 56.0 Å². The van der Waals surface area contributed by atoms with Gasteiger partial charge in [0.15, 0.2) is 0 Å². The maximum atomic E-state index is 13.3. The number of hydrogen-bond acceptors (Lipinski definition) is 4. The van der Waals surface area contributed by atoms with E-state index in [4.69, 9.17) is 5.10 Å². The van der Waals surface area contributed by atoms with Gasteiger partial charge in [-0.1, -0.05) is 66.6 Å². The molecule has 0 saturated carbocycles.